The third-order valence-electron chi connectivity index (χ3n) is 5.57. The molecule has 0 fully saturated rings. The molecule has 0 aliphatic carbocycles. The SMILES string of the molecule is CCCn1nc(Cc2ccc(C)cc2)cc1[C@@H](OC(=O)c1ccc(SC(C)(C)C(=O)O)cc1)C(F)(F)F. The van der Waals surface area contributed by atoms with Crippen molar-refractivity contribution in [1.29, 1.82) is 0 Å². The maximum Gasteiger partial charge on any atom is 0.431 e. The smallest absolute Gasteiger partial charge is 0.431 e. The second kappa shape index (κ2) is 11.4. The van der Waals surface area contributed by atoms with Gasteiger partial charge in [-0.2, -0.15) is 18.3 Å². The molecule has 0 aliphatic rings. The number of halogens is 3. The van der Waals surface area contributed by atoms with Gasteiger partial charge < -0.3 is 9.84 Å². The molecule has 1 atom stereocenters. The van der Waals surface area contributed by atoms with Crippen LogP contribution in [0.5, 0.6) is 0 Å². The molecule has 1 heterocycles. The lowest BCUT2D eigenvalue weighted by molar-refractivity contribution is -0.209. The third kappa shape index (κ3) is 7.38. The normalized spacial score (nSPS) is 12.8. The summed E-state index contributed by atoms with van der Waals surface area (Å²) in [6.45, 7) is 7.07. The van der Waals surface area contributed by atoms with Crippen LogP contribution in [0.4, 0.5) is 13.2 Å². The minimum atomic E-state index is -4.86. The topological polar surface area (TPSA) is 81.4 Å². The van der Waals surface area contributed by atoms with Gasteiger partial charge in [0.25, 0.3) is 0 Å². The molecule has 0 radical (unpaired) electrons. The van der Waals surface area contributed by atoms with E-state index in [9.17, 15) is 27.9 Å². The number of aliphatic carboxylic acids is 1. The predicted molar refractivity (Wildman–Crippen MR) is 135 cm³/mol. The predicted octanol–water partition coefficient (Wildman–Crippen LogP) is 6.61. The highest BCUT2D eigenvalue weighted by molar-refractivity contribution is 8.01. The number of benzene rings is 2. The van der Waals surface area contributed by atoms with E-state index in [1.165, 1.54) is 48.9 Å². The van der Waals surface area contributed by atoms with Crippen molar-refractivity contribution in [3.8, 4) is 0 Å². The number of carboxylic acids is 1. The molecule has 1 aromatic heterocycles. The van der Waals surface area contributed by atoms with Crippen molar-refractivity contribution in [2.75, 3.05) is 0 Å². The second-order valence-corrected chi connectivity index (χ2v) is 10.9. The average molecular weight is 535 g/mol. The number of thioether (sulfide) groups is 1. The van der Waals surface area contributed by atoms with E-state index < -0.39 is 29.0 Å². The van der Waals surface area contributed by atoms with Crippen LogP contribution in [0, 0.1) is 6.92 Å². The van der Waals surface area contributed by atoms with E-state index in [1.807, 2.05) is 38.1 Å². The minimum Gasteiger partial charge on any atom is -0.480 e. The number of hydrogen-bond acceptors (Lipinski definition) is 5. The third-order valence-corrected chi connectivity index (χ3v) is 6.76. The Morgan fingerprint density at radius 1 is 1.08 bits per heavy atom. The summed E-state index contributed by atoms with van der Waals surface area (Å²) in [7, 11) is 0. The quantitative estimate of drug-likeness (QED) is 0.233. The molecule has 0 aliphatic heterocycles. The summed E-state index contributed by atoms with van der Waals surface area (Å²) in [5, 5.41) is 13.6. The zero-order valence-corrected chi connectivity index (χ0v) is 21.8. The maximum absolute atomic E-state index is 14.1. The van der Waals surface area contributed by atoms with Gasteiger partial charge in [-0.05, 0) is 63.1 Å². The molecule has 1 N–H and O–H groups in total. The first-order chi connectivity index (χ1) is 17.3. The molecule has 6 nitrogen and oxygen atoms in total. The Balaban J connectivity index is 1.85. The minimum absolute atomic E-state index is 0.0758. The number of aromatic nitrogens is 2. The Morgan fingerprint density at radius 3 is 2.24 bits per heavy atom. The van der Waals surface area contributed by atoms with Gasteiger partial charge >= 0.3 is 18.1 Å². The number of ether oxygens (including phenoxy) is 1. The van der Waals surface area contributed by atoms with Crippen LogP contribution in [-0.4, -0.2) is 37.7 Å². The summed E-state index contributed by atoms with van der Waals surface area (Å²) >= 11 is 1.06. The van der Waals surface area contributed by atoms with Crippen molar-refractivity contribution in [3.05, 3.63) is 82.7 Å². The van der Waals surface area contributed by atoms with Crippen LogP contribution in [0.2, 0.25) is 0 Å². The van der Waals surface area contributed by atoms with Crippen molar-refractivity contribution in [3.63, 3.8) is 0 Å². The molecule has 0 unspecified atom stereocenters. The number of nitrogens with zero attached hydrogens (tertiary/aromatic N) is 2. The van der Waals surface area contributed by atoms with Crippen LogP contribution in [0.25, 0.3) is 0 Å². The van der Waals surface area contributed by atoms with E-state index in [1.54, 1.807) is 0 Å². The molecule has 0 saturated heterocycles. The molecule has 0 saturated carbocycles. The molecular formula is C27H29F3N2O4S. The number of carboxylic acid groups (broad SMARTS) is 1. The molecule has 37 heavy (non-hydrogen) atoms. The van der Waals surface area contributed by atoms with Gasteiger partial charge in [-0.25, -0.2) is 4.79 Å². The van der Waals surface area contributed by atoms with E-state index >= 15 is 0 Å². The highest BCUT2D eigenvalue weighted by Crippen LogP contribution is 2.38. The standard InChI is InChI=1S/C27H29F3N2O4S/c1-5-14-32-22(16-20(31-32)15-18-8-6-17(2)7-9-18)23(27(28,29)30)36-24(33)19-10-12-21(13-11-19)37-26(3,4)25(34)35/h6-13,16,23H,5,14-15H2,1-4H3,(H,34,35)/t23-/m1/s1. The molecule has 198 valence electrons. The number of rotatable bonds is 10. The number of carbonyl (C=O) groups is 2. The zero-order valence-electron chi connectivity index (χ0n) is 21.0. The van der Waals surface area contributed by atoms with Gasteiger partial charge in [-0.3, -0.25) is 9.48 Å². The van der Waals surface area contributed by atoms with Crippen LogP contribution < -0.4 is 0 Å². The van der Waals surface area contributed by atoms with E-state index in [2.05, 4.69) is 5.10 Å². The first-order valence-corrected chi connectivity index (χ1v) is 12.5. The van der Waals surface area contributed by atoms with Gasteiger partial charge in [0.1, 0.15) is 4.75 Å². The fourth-order valence-corrected chi connectivity index (χ4v) is 4.51. The lowest BCUT2D eigenvalue weighted by Gasteiger charge is -2.22. The monoisotopic (exact) mass is 534 g/mol. The highest BCUT2D eigenvalue weighted by Gasteiger charge is 2.46. The van der Waals surface area contributed by atoms with Gasteiger partial charge in [-0.1, -0.05) is 36.8 Å². The molecule has 0 spiro atoms. The Morgan fingerprint density at radius 2 is 1.70 bits per heavy atom. The van der Waals surface area contributed by atoms with E-state index in [0.29, 0.717) is 23.4 Å². The van der Waals surface area contributed by atoms with Crippen LogP contribution in [0.15, 0.2) is 59.5 Å². The lowest BCUT2D eigenvalue weighted by atomic mass is 10.1. The summed E-state index contributed by atoms with van der Waals surface area (Å²) in [5.74, 6) is -2.15. The largest absolute Gasteiger partial charge is 0.480 e. The van der Waals surface area contributed by atoms with Gasteiger partial charge in [0.2, 0.25) is 6.10 Å². The summed E-state index contributed by atoms with van der Waals surface area (Å²) in [4.78, 5) is 24.6. The van der Waals surface area contributed by atoms with Crippen molar-refractivity contribution in [2.45, 2.75) is 69.0 Å². The molecule has 0 bridgehead atoms. The van der Waals surface area contributed by atoms with Gasteiger partial charge in [0, 0.05) is 17.9 Å². The zero-order chi connectivity index (χ0) is 27.4. The van der Waals surface area contributed by atoms with Gasteiger partial charge in [-0.15, -0.1) is 11.8 Å². The lowest BCUT2D eigenvalue weighted by Crippen LogP contribution is -2.28. The van der Waals surface area contributed by atoms with Crippen molar-refractivity contribution < 1.29 is 32.6 Å². The Hall–Kier alpha value is -3.27. The second-order valence-electron chi connectivity index (χ2n) is 9.21. The molecule has 3 rings (SSSR count). The Labute approximate surface area is 217 Å². The summed E-state index contributed by atoms with van der Waals surface area (Å²) < 4.78 is 47.5. The van der Waals surface area contributed by atoms with E-state index in [0.717, 1.165) is 22.9 Å². The molecular weight excluding hydrogens is 505 g/mol. The first kappa shape index (κ1) is 28.3. The number of aryl methyl sites for hydroxylation is 2. The van der Waals surface area contributed by atoms with Gasteiger partial charge in [0.15, 0.2) is 0 Å². The summed E-state index contributed by atoms with van der Waals surface area (Å²) in [6.07, 6.45) is -6.47. The number of hydrogen-bond donors (Lipinski definition) is 1. The fourth-order valence-electron chi connectivity index (χ4n) is 3.56. The summed E-state index contributed by atoms with van der Waals surface area (Å²) in [6, 6.07) is 14.6. The van der Waals surface area contributed by atoms with Gasteiger partial charge in [0.05, 0.1) is 17.0 Å². The highest BCUT2D eigenvalue weighted by atomic mass is 32.2. The van der Waals surface area contributed by atoms with Crippen LogP contribution >= 0.6 is 11.8 Å². The number of alkyl halides is 3. The molecule has 0 amide bonds. The van der Waals surface area contributed by atoms with E-state index in [4.69, 9.17) is 4.74 Å². The molecule has 2 aromatic carbocycles. The molecule has 3 aromatic rings. The van der Waals surface area contributed by atoms with Crippen molar-refractivity contribution >= 4 is 23.7 Å². The Kier molecular flexibility index (Phi) is 8.73. The van der Waals surface area contributed by atoms with Crippen molar-refractivity contribution in [2.24, 2.45) is 0 Å². The molecule has 10 heteroatoms. The maximum atomic E-state index is 14.1. The van der Waals surface area contributed by atoms with Crippen LogP contribution in [-0.2, 0) is 22.5 Å². The van der Waals surface area contributed by atoms with Crippen LogP contribution in [0.3, 0.4) is 0 Å². The fraction of sp³-hybridized carbons (Fsp3) is 0.370. The van der Waals surface area contributed by atoms with Crippen molar-refractivity contribution in [1.82, 2.24) is 9.78 Å². The average Bonchev–Trinajstić information content (AvgIpc) is 3.20. The first-order valence-electron chi connectivity index (χ1n) is 11.7. The number of carbonyl (C=O) groups excluding carboxylic acids is 1. The van der Waals surface area contributed by atoms with Crippen LogP contribution in [0.1, 0.15) is 66.2 Å². The van der Waals surface area contributed by atoms with E-state index in [-0.39, 0.29) is 17.8 Å². The Bertz CT molecular complexity index is 1240. The number of esters is 1. The summed E-state index contributed by atoms with van der Waals surface area (Å²) in [5.41, 5.74) is 2.11.